The molecule has 3 aromatic rings. The van der Waals surface area contributed by atoms with E-state index in [1.807, 2.05) is 45.0 Å². The second kappa shape index (κ2) is 12.1. The van der Waals surface area contributed by atoms with E-state index in [0.29, 0.717) is 30.0 Å². The van der Waals surface area contributed by atoms with Gasteiger partial charge in [-0.25, -0.2) is 9.18 Å². The van der Waals surface area contributed by atoms with E-state index < -0.39 is 12.1 Å². The lowest BCUT2D eigenvalue weighted by molar-refractivity contribution is -0.00481. The van der Waals surface area contributed by atoms with Gasteiger partial charge >= 0.3 is 5.97 Å². The van der Waals surface area contributed by atoms with E-state index in [9.17, 15) is 19.4 Å². The Morgan fingerprint density at radius 3 is 2.56 bits per heavy atom. The van der Waals surface area contributed by atoms with Crippen LogP contribution in [0, 0.1) is 12.7 Å². The molecular formula is C29H34FNO5. The smallest absolute Gasteiger partial charge is 0.335 e. The molecule has 0 aromatic heterocycles. The van der Waals surface area contributed by atoms with E-state index in [1.54, 1.807) is 37.3 Å². The van der Waals surface area contributed by atoms with Crippen LogP contribution < -0.4 is 10.1 Å². The number of carboxylic acids is 1. The van der Waals surface area contributed by atoms with Gasteiger partial charge in [0.25, 0.3) is 0 Å². The first-order valence-corrected chi connectivity index (χ1v) is 11.9. The quantitative estimate of drug-likeness (QED) is 0.300. The summed E-state index contributed by atoms with van der Waals surface area (Å²) in [6.45, 7) is 8.04. The SMILES string of the molecule is Cc1ccc(CC(C)(C)NC[C@@H](O)COC(C)c2ccccc2Oc2cccc(C(=O)O)c2)cc1F. The van der Waals surface area contributed by atoms with Crippen LogP contribution in [0.4, 0.5) is 4.39 Å². The summed E-state index contributed by atoms with van der Waals surface area (Å²) < 4.78 is 25.8. The summed E-state index contributed by atoms with van der Waals surface area (Å²) in [5.74, 6) is -0.284. The summed E-state index contributed by atoms with van der Waals surface area (Å²) in [5, 5.41) is 23.1. The number of ether oxygens (including phenoxy) is 2. The zero-order valence-corrected chi connectivity index (χ0v) is 21.1. The molecule has 3 rings (SSSR count). The molecule has 2 atom stereocenters. The molecule has 0 spiro atoms. The third-order valence-electron chi connectivity index (χ3n) is 5.90. The molecule has 0 bridgehead atoms. The fourth-order valence-corrected chi connectivity index (χ4v) is 3.85. The predicted octanol–water partition coefficient (Wildman–Crippen LogP) is 5.67. The molecule has 0 amide bonds. The van der Waals surface area contributed by atoms with Crippen LogP contribution >= 0.6 is 0 Å². The number of β-amino-alcohol motifs (C(OH)–C–C–N with tert-alkyl or cyclic N) is 1. The van der Waals surface area contributed by atoms with Crippen LogP contribution in [0.2, 0.25) is 0 Å². The van der Waals surface area contributed by atoms with Crippen molar-refractivity contribution in [1.29, 1.82) is 0 Å². The van der Waals surface area contributed by atoms with E-state index in [-0.39, 0.29) is 29.6 Å². The fourth-order valence-electron chi connectivity index (χ4n) is 3.85. The number of rotatable bonds is 12. The van der Waals surface area contributed by atoms with E-state index in [4.69, 9.17) is 9.47 Å². The van der Waals surface area contributed by atoms with Gasteiger partial charge < -0.3 is 25.0 Å². The topological polar surface area (TPSA) is 88.0 Å². The Hall–Kier alpha value is -3.26. The number of nitrogens with one attached hydrogen (secondary N) is 1. The van der Waals surface area contributed by atoms with E-state index in [0.717, 1.165) is 11.1 Å². The molecule has 0 saturated heterocycles. The second-order valence-corrected chi connectivity index (χ2v) is 9.63. The Morgan fingerprint density at radius 1 is 1.08 bits per heavy atom. The molecule has 0 saturated carbocycles. The first-order chi connectivity index (χ1) is 17.0. The molecule has 1 unspecified atom stereocenters. The van der Waals surface area contributed by atoms with Gasteiger partial charge in [0.2, 0.25) is 0 Å². The zero-order chi connectivity index (χ0) is 26.3. The highest BCUT2D eigenvalue weighted by Gasteiger charge is 2.21. The van der Waals surface area contributed by atoms with Gasteiger partial charge in [0.15, 0.2) is 0 Å². The third-order valence-corrected chi connectivity index (χ3v) is 5.90. The number of carbonyl (C=O) groups is 1. The van der Waals surface area contributed by atoms with Crippen LogP contribution in [-0.4, -0.2) is 41.0 Å². The van der Waals surface area contributed by atoms with Gasteiger partial charge in [-0.15, -0.1) is 0 Å². The van der Waals surface area contributed by atoms with Crippen LogP contribution in [0.15, 0.2) is 66.7 Å². The van der Waals surface area contributed by atoms with Gasteiger partial charge in [-0.2, -0.15) is 0 Å². The summed E-state index contributed by atoms with van der Waals surface area (Å²) in [5.41, 5.74) is 2.08. The number of carboxylic acid groups (broad SMARTS) is 1. The summed E-state index contributed by atoms with van der Waals surface area (Å²) in [6.07, 6.45) is -0.508. The molecule has 3 N–H and O–H groups in total. The van der Waals surface area contributed by atoms with Crippen molar-refractivity contribution in [3.63, 3.8) is 0 Å². The molecule has 0 aliphatic heterocycles. The minimum absolute atomic E-state index is 0.103. The van der Waals surface area contributed by atoms with Crippen molar-refractivity contribution in [2.24, 2.45) is 0 Å². The molecule has 6 nitrogen and oxygen atoms in total. The second-order valence-electron chi connectivity index (χ2n) is 9.63. The van der Waals surface area contributed by atoms with Crippen molar-refractivity contribution in [1.82, 2.24) is 5.32 Å². The molecule has 0 aliphatic carbocycles. The molecule has 3 aromatic carbocycles. The van der Waals surface area contributed by atoms with Crippen molar-refractivity contribution in [2.75, 3.05) is 13.2 Å². The predicted molar refractivity (Wildman–Crippen MR) is 137 cm³/mol. The molecule has 7 heteroatoms. The average Bonchev–Trinajstić information content (AvgIpc) is 2.84. The largest absolute Gasteiger partial charge is 0.478 e. The van der Waals surface area contributed by atoms with Crippen LogP contribution in [0.1, 0.15) is 53.9 Å². The Morgan fingerprint density at radius 2 is 1.83 bits per heavy atom. The highest BCUT2D eigenvalue weighted by molar-refractivity contribution is 5.88. The first-order valence-electron chi connectivity index (χ1n) is 11.9. The van der Waals surface area contributed by atoms with Crippen molar-refractivity contribution in [3.8, 4) is 11.5 Å². The third kappa shape index (κ3) is 7.88. The summed E-state index contributed by atoms with van der Waals surface area (Å²) in [7, 11) is 0. The first kappa shape index (κ1) is 27.3. The molecule has 0 aliphatic rings. The minimum Gasteiger partial charge on any atom is -0.478 e. The van der Waals surface area contributed by atoms with Gasteiger partial charge in [-0.1, -0.05) is 36.4 Å². The van der Waals surface area contributed by atoms with Gasteiger partial charge in [0.1, 0.15) is 17.3 Å². The number of hydrogen-bond donors (Lipinski definition) is 3. The van der Waals surface area contributed by atoms with Crippen LogP contribution in [0.5, 0.6) is 11.5 Å². The maximum absolute atomic E-state index is 13.9. The minimum atomic E-state index is -1.03. The average molecular weight is 496 g/mol. The fraction of sp³-hybridized carbons (Fsp3) is 0.345. The highest BCUT2D eigenvalue weighted by Crippen LogP contribution is 2.31. The number of hydrogen-bond acceptors (Lipinski definition) is 5. The van der Waals surface area contributed by atoms with Crippen LogP contribution in [0.3, 0.4) is 0 Å². The van der Waals surface area contributed by atoms with Crippen molar-refractivity contribution < 1.29 is 28.9 Å². The normalized spacial score (nSPS) is 13.3. The lowest BCUT2D eigenvalue weighted by Gasteiger charge is -2.28. The molecule has 0 radical (unpaired) electrons. The number of benzene rings is 3. The van der Waals surface area contributed by atoms with Gasteiger partial charge in [-0.05, 0) is 75.6 Å². The Labute approximate surface area is 211 Å². The lowest BCUT2D eigenvalue weighted by Crippen LogP contribution is -2.46. The van der Waals surface area contributed by atoms with Crippen LogP contribution in [-0.2, 0) is 11.2 Å². The molecule has 0 heterocycles. The van der Waals surface area contributed by atoms with Crippen molar-refractivity contribution >= 4 is 5.97 Å². The number of aromatic carboxylic acids is 1. The van der Waals surface area contributed by atoms with E-state index in [2.05, 4.69) is 5.32 Å². The number of halogens is 1. The lowest BCUT2D eigenvalue weighted by atomic mass is 9.94. The van der Waals surface area contributed by atoms with E-state index >= 15 is 0 Å². The zero-order valence-electron chi connectivity index (χ0n) is 21.1. The number of aliphatic hydroxyl groups is 1. The molecular weight excluding hydrogens is 461 g/mol. The molecule has 0 fully saturated rings. The summed E-state index contributed by atoms with van der Waals surface area (Å²) >= 11 is 0. The van der Waals surface area contributed by atoms with Gasteiger partial charge in [0.05, 0.1) is 24.4 Å². The summed E-state index contributed by atoms with van der Waals surface area (Å²) in [6, 6.07) is 18.9. The monoisotopic (exact) mass is 495 g/mol. The number of aryl methyl sites for hydroxylation is 1. The van der Waals surface area contributed by atoms with E-state index in [1.165, 1.54) is 12.1 Å². The maximum Gasteiger partial charge on any atom is 0.335 e. The Kier molecular flexibility index (Phi) is 9.20. The highest BCUT2D eigenvalue weighted by atomic mass is 19.1. The molecule has 36 heavy (non-hydrogen) atoms. The standard InChI is InChI=1S/C29H34FNO5/c1-19-12-13-21(14-26(19)30)16-29(3,4)31-17-23(32)18-35-20(2)25-10-5-6-11-27(25)36-24-9-7-8-22(15-24)28(33)34/h5-15,20,23,31-32H,16-18H2,1-4H3,(H,33,34)/t20?,23-/m1/s1. The number of para-hydroxylation sites is 1. The Balaban J connectivity index is 1.54. The Bertz CT molecular complexity index is 1180. The molecule has 192 valence electrons. The number of aliphatic hydroxyl groups excluding tert-OH is 1. The van der Waals surface area contributed by atoms with Crippen molar-refractivity contribution in [3.05, 3.63) is 94.8 Å². The maximum atomic E-state index is 13.9. The van der Waals surface area contributed by atoms with Gasteiger partial charge in [0, 0.05) is 17.6 Å². The van der Waals surface area contributed by atoms with Crippen molar-refractivity contribution in [2.45, 2.75) is 51.9 Å². The van der Waals surface area contributed by atoms with Gasteiger partial charge in [-0.3, -0.25) is 0 Å². The summed E-state index contributed by atoms with van der Waals surface area (Å²) in [4.78, 5) is 11.2. The van der Waals surface area contributed by atoms with Crippen LogP contribution in [0.25, 0.3) is 0 Å².